The summed E-state index contributed by atoms with van der Waals surface area (Å²) in [5, 5.41) is 0. The van der Waals surface area contributed by atoms with E-state index in [0.29, 0.717) is 12.6 Å². The zero-order chi connectivity index (χ0) is 15.4. The molecule has 2 N–H and O–H groups in total. The Kier molecular flexibility index (Phi) is 4.85. The van der Waals surface area contributed by atoms with Crippen molar-refractivity contribution in [1.29, 1.82) is 0 Å². The maximum atomic E-state index is 14.0. The molecule has 2 nitrogen and oxygen atoms in total. The van der Waals surface area contributed by atoms with Crippen molar-refractivity contribution < 1.29 is 13.2 Å². The summed E-state index contributed by atoms with van der Waals surface area (Å²) in [6, 6.07) is 10.2. The number of rotatable bonds is 5. The van der Waals surface area contributed by atoms with Crippen molar-refractivity contribution >= 4 is 5.69 Å². The molecule has 1 atom stereocenters. The highest BCUT2D eigenvalue weighted by molar-refractivity contribution is 5.49. The van der Waals surface area contributed by atoms with Crippen LogP contribution in [0.1, 0.15) is 18.5 Å². The molecule has 21 heavy (non-hydrogen) atoms. The van der Waals surface area contributed by atoms with Gasteiger partial charge in [-0.2, -0.15) is 0 Å². The number of anilines is 1. The molecule has 0 radical (unpaired) electrons. The molecule has 0 aromatic heterocycles. The molecule has 0 fully saturated rings. The van der Waals surface area contributed by atoms with Crippen LogP contribution in [-0.4, -0.2) is 13.1 Å². The van der Waals surface area contributed by atoms with Crippen molar-refractivity contribution in [3.05, 3.63) is 65.5 Å². The number of likely N-dealkylation sites (N-methyl/N-ethyl adjacent to an activating group) is 1. The second-order valence-electron chi connectivity index (χ2n) is 4.66. The van der Waals surface area contributed by atoms with Crippen LogP contribution in [-0.2, 0) is 0 Å². The Labute approximate surface area is 122 Å². The average Bonchev–Trinajstić information content (AvgIpc) is 2.50. The fourth-order valence-corrected chi connectivity index (χ4v) is 2.42. The number of hydrogen-bond donors (Lipinski definition) is 1. The third-order valence-electron chi connectivity index (χ3n) is 3.43. The molecule has 0 aliphatic heterocycles. The van der Waals surface area contributed by atoms with Crippen molar-refractivity contribution in [2.75, 3.05) is 18.0 Å². The first-order chi connectivity index (χ1) is 10.1. The second-order valence-corrected chi connectivity index (χ2v) is 4.66. The number of hydrogen-bond acceptors (Lipinski definition) is 2. The van der Waals surface area contributed by atoms with Crippen molar-refractivity contribution in [2.45, 2.75) is 13.0 Å². The fourth-order valence-electron chi connectivity index (χ4n) is 2.42. The maximum Gasteiger partial charge on any atom is 0.161 e. The summed E-state index contributed by atoms with van der Waals surface area (Å²) in [6.45, 7) is 2.54. The first-order valence-corrected chi connectivity index (χ1v) is 6.74. The summed E-state index contributed by atoms with van der Waals surface area (Å²) in [6.07, 6.45) is 0. The van der Waals surface area contributed by atoms with Crippen LogP contribution in [0.15, 0.2) is 42.5 Å². The van der Waals surface area contributed by atoms with Crippen LogP contribution in [0.25, 0.3) is 0 Å². The van der Waals surface area contributed by atoms with Gasteiger partial charge in [-0.15, -0.1) is 0 Å². The molecule has 2 rings (SSSR count). The van der Waals surface area contributed by atoms with Gasteiger partial charge in [0, 0.05) is 30.4 Å². The van der Waals surface area contributed by atoms with E-state index in [4.69, 9.17) is 5.73 Å². The predicted molar refractivity (Wildman–Crippen MR) is 77.6 cm³/mol. The molecule has 0 saturated carbocycles. The van der Waals surface area contributed by atoms with Crippen molar-refractivity contribution in [1.82, 2.24) is 0 Å². The molecule has 0 heterocycles. The van der Waals surface area contributed by atoms with E-state index >= 15 is 0 Å². The van der Waals surface area contributed by atoms with Crippen LogP contribution in [0.5, 0.6) is 0 Å². The SMILES string of the molecule is CCN(c1ccccc1)C(CN)c1cc(F)c(F)cc1F. The van der Waals surface area contributed by atoms with E-state index in [2.05, 4.69) is 0 Å². The van der Waals surface area contributed by atoms with Gasteiger partial charge in [0.25, 0.3) is 0 Å². The van der Waals surface area contributed by atoms with Gasteiger partial charge in [-0.05, 0) is 25.1 Å². The predicted octanol–water partition coefficient (Wildman–Crippen LogP) is 3.63. The van der Waals surface area contributed by atoms with Crippen molar-refractivity contribution in [3.63, 3.8) is 0 Å². The molecule has 1 unspecified atom stereocenters. The third kappa shape index (κ3) is 3.19. The minimum atomic E-state index is -1.20. The lowest BCUT2D eigenvalue weighted by Crippen LogP contribution is -2.34. The Hall–Kier alpha value is -2.01. The molecule has 2 aromatic rings. The van der Waals surface area contributed by atoms with E-state index in [-0.39, 0.29) is 12.1 Å². The highest BCUT2D eigenvalue weighted by Crippen LogP contribution is 2.29. The molecule has 112 valence electrons. The lowest BCUT2D eigenvalue weighted by Gasteiger charge is -2.32. The number of nitrogens with zero attached hydrogens (tertiary/aromatic N) is 1. The Morgan fingerprint density at radius 3 is 2.19 bits per heavy atom. The summed E-state index contributed by atoms with van der Waals surface area (Å²) in [4.78, 5) is 1.86. The molecule has 2 aromatic carbocycles. The molecule has 0 aliphatic rings. The molecule has 0 saturated heterocycles. The lowest BCUT2D eigenvalue weighted by molar-refractivity contribution is 0.481. The molecule has 5 heteroatoms. The summed E-state index contributed by atoms with van der Waals surface area (Å²) < 4.78 is 40.5. The van der Waals surface area contributed by atoms with Gasteiger partial charge in [0.2, 0.25) is 0 Å². The molecule has 0 aliphatic carbocycles. The Balaban J connectivity index is 2.45. The van der Waals surface area contributed by atoms with Gasteiger partial charge in [0.15, 0.2) is 11.6 Å². The smallest absolute Gasteiger partial charge is 0.161 e. The van der Waals surface area contributed by atoms with Gasteiger partial charge in [-0.1, -0.05) is 18.2 Å². The van der Waals surface area contributed by atoms with Crippen molar-refractivity contribution in [2.24, 2.45) is 5.73 Å². The highest BCUT2D eigenvalue weighted by Gasteiger charge is 2.23. The summed E-state index contributed by atoms with van der Waals surface area (Å²) in [5.41, 5.74) is 6.66. The van der Waals surface area contributed by atoms with Crippen molar-refractivity contribution in [3.8, 4) is 0 Å². The monoisotopic (exact) mass is 294 g/mol. The number of benzene rings is 2. The average molecular weight is 294 g/mol. The topological polar surface area (TPSA) is 29.3 Å². The fraction of sp³-hybridized carbons (Fsp3) is 0.250. The van der Waals surface area contributed by atoms with Crippen LogP contribution < -0.4 is 10.6 Å². The number of halogens is 3. The van der Waals surface area contributed by atoms with Gasteiger partial charge in [0.05, 0.1) is 6.04 Å². The molecular weight excluding hydrogens is 277 g/mol. The molecular formula is C16H17F3N2. The zero-order valence-corrected chi connectivity index (χ0v) is 11.7. The summed E-state index contributed by atoms with van der Waals surface area (Å²) in [5.74, 6) is -3.07. The Morgan fingerprint density at radius 2 is 1.62 bits per heavy atom. The third-order valence-corrected chi connectivity index (χ3v) is 3.43. The van der Waals surface area contributed by atoms with Gasteiger partial charge < -0.3 is 10.6 Å². The van der Waals surface area contributed by atoms with Gasteiger partial charge >= 0.3 is 0 Å². The lowest BCUT2D eigenvalue weighted by atomic mass is 10.0. The number of nitrogens with two attached hydrogens (primary N) is 1. The minimum Gasteiger partial charge on any atom is -0.363 e. The second kappa shape index (κ2) is 6.63. The van der Waals surface area contributed by atoms with E-state index in [1.807, 2.05) is 42.2 Å². The van der Waals surface area contributed by atoms with Crippen LogP contribution >= 0.6 is 0 Å². The minimum absolute atomic E-state index is 0.0575. The first-order valence-electron chi connectivity index (χ1n) is 6.74. The van der Waals surface area contributed by atoms with Crippen LogP contribution in [0.2, 0.25) is 0 Å². The van der Waals surface area contributed by atoms with Crippen LogP contribution in [0.4, 0.5) is 18.9 Å². The quantitative estimate of drug-likeness (QED) is 0.853. The van der Waals surface area contributed by atoms with E-state index in [0.717, 1.165) is 11.8 Å². The van der Waals surface area contributed by atoms with Gasteiger partial charge in [-0.3, -0.25) is 0 Å². The number of para-hydroxylation sites is 1. The molecule has 0 amide bonds. The zero-order valence-electron chi connectivity index (χ0n) is 11.7. The Bertz CT molecular complexity index is 602. The van der Waals surface area contributed by atoms with Gasteiger partial charge in [-0.25, -0.2) is 13.2 Å². The Morgan fingerprint density at radius 1 is 1.00 bits per heavy atom. The first kappa shape index (κ1) is 15.4. The maximum absolute atomic E-state index is 14.0. The molecule has 0 spiro atoms. The normalized spacial score (nSPS) is 12.2. The standard InChI is InChI=1S/C16H17F3N2/c1-2-21(11-6-4-3-5-7-11)16(10-20)12-8-14(18)15(19)9-13(12)17/h3-9,16H,2,10,20H2,1H3. The van der Waals surface area contributed by atoms with Crippen LogP contribution in [0, 0.1) is 17.5 Å². The highest BCUT2D eigenvalue weighted by atomic mass is 19.2. The van der Waals surface area contributed by atoms with E-state index < -0.39 is 23.5 Å². The van der Waals surface area contributed by atoms with Gasteiger partial charge in [0.1, 0.15) is 5.82 Å². The van der Waals surface area contributed by atoms with Crippen LogP contribution in [0.3, 0.4) is 0 Å². The summed E-state index contributed by atoms with van der Waals surface area (Å²) >= 11 is 0. The van der Waals surface area contributed by atoms with E-state index in [1.54, 1.807) is 0 Å². The molecule has 0 bridgehead atoms. The summed E-state index contributed by atoms with van der Waals surface area (Å²) in [7, 11) is 0. The van der Waals surface area contributed by atoms with E-state index in [9.17, 15) is 13.2 Å². The van der Waals surface area contributed by atoms with E-state index in [1.165, 1.54) is 0 Å². The largest absolute Gasteiger partial charge is 0.363 e.